The van der Waals surface area contributed by atoms with Gasteiger partial charge in [0.05, 0.1) is 37.6 Å². The molecule has 0 saturated carbocycles. The first kappa shape index (κ1) is 66.1. The zero-order chi connectivity index (χ0) is 57.1. The second-order valence-electron chi connectivity index (χ2n) is 17.7. The van der Waals surface area contributed by atoms with Crippen LogP contribution in [0, 0.1) is 0 Å². The molecule has 0 aromatic heterocycles. The number of carbonyl (C=O) groups excluding carboxylic acids is 11. The van der Waals surface area contributed by atoms with Gasteiger partial charge in [-0.15, -0.1) is 0 Å². The van der Waals surface area contributed by atoms with E-state index in [1.165, 1.54) is 23.6 Å². The SMILES string of the molecule is CSCC[C@H](NC(=O)[C@H](CCCCN)NC(=O)CNC(=O)[C@H](C)NC(=O)[C@H](CC(N)=O)NC(=O)[C@@H](NC(=O)[C@@H]1CCCN1C(=O)[C@@H](N)CCCN=C(N)N)[C@@H](C)O)C(=O)N[C@H](C(=O)N[C@@H](CC(N)=O)C(=O)O)[C@@H](C)O. The number of thioether (sulfide) groups is 1. The van der Waals surface area contributed by atoms with Crippen molar-refractivity contribution in [3.05, 3.63) is 0 Å². The zero-order valence-corrected chi connectivity index (χ0v) is 43.3. The van der Waals surface area contributed by atoms with Gasteiger partial charge in [-0.1, -0.05) is 0 Å². The van der Waals surface area contributed by atoms with E-state index in [2.05, 4.69) is 42.2 Å². The van der Waals surface area contributed by atoms with E-state index in [4.69, 9.17) is 34.4 Å². The number of primary amides is 2. The molecular weight excluding hydrogens is 1010 g/mol. The summed E-state index contributed by atoms with van der Waals surface area (Å²) in [5, 5.41) is 48.7. The summed E-state index contributed by atoms with van der Waals surface area (Å²) in [5.74, 6) is -12.1. The fraction of sp³-hybridized carbons (Fsp3) is 0.698. The number of carbonyl (C=O) groups is 12. The Kier molecular flexibility index (Phi) is 29.8. The van der Waals surface area contributed by atoms with Crippen LogP contribution in [0.25, 0.3) is 0 Å². The molecule has 31 nitrogen and oxygen atoms in total. The number of carboxylic acid groups (broad SMARTS) is 1. The van der Waals surface area contributed by atoms with Gasteiger partial charge in [-0.2, -0.15) is 11.8 Å². The van der Waals surface area contributed by atoms with Crippen LogP contribution in [0.15, 0.2) is 4.99 Å². The van der Waals surface area contributed by atoms with E-state index in [1.807, 2.05) is 5.32 Å². The molecule has 0 radical (unpaired) electrons. The summed E-state index contributed by atoms with van der Waals surface area (Å²) >= 11 is 1.29. The van der Waals surface area contributed by atoms with E-state index in [9.17, 15) is 72.9 Å². The highest BCUT2D eigenvalue weighted by Crippen LogP contribution is 2.20. The van der Waals surface area contributed by atoms with Crippen molar-refractivity contribution in [1.29, 1.82) is 0 Å². The number of rotatable bonds is 35. The highest BCUT2D eigenvalue weighted by molar-refractivity contribution is 7.98. The molecule has 0 spiro atoms. The number of nitrogens with zero attached hydrogens (tertiary/aromatic N) is 2. The lowest BCUT2D eigenvalue weighted by Gasteiger charge is -2.29. The average Bonchev–Trinajstić information content (AvgIpc) is 3.82. The van der Waals surface area contributed by atoms with Crippen LogP contribution in [0.3, 0.4) is 0 Å². The van der Waals surface area contributed by atoms with Crippen LogP contribution >= 0.6 is 11.8 Å². The number of hydrogen-bond acceptors (Lipinski definition) is 18. The van der Waals surface area contributed by atoms with Crippen LogP contribution in [0.1, 0.15) is 85.0 Å². The fourth-order valence-electron chi connectivity index (χ4n) is 7.29. The molecule has 1 aliphatic rings. The number of aliphatic hydroxyl groups is 2. The number of aliphatic carboxylic acids is 1. The van der Waals surface area contributed by atoms with E-state index in [-0.39, 0.29) is 57.0 Å². The smallest absolute Gasteiger partial charge is 0.326 e. The van der Waals surface area contributed by atoms with Crippen molar-refractivity contribution in [1.82, 2.24) is 47.4 Å². The van der Waals surface area contributed by atoms with Gasteiger partial charge in [0.1, 0.15) is 48.3 Å². The minimum Gasteiger partial charge on any atom is -0.480 e. The Morgan fingerprint density at radius 2 is 1.19 bits per heavy atom. The Labute approximate surface area is 437 Å². The second kappa shape index (κ2) is 33.8. The van der Waals surface area contributed by atoms with E-state index in [1.54, 1.807) is 6.26 Å². The molecule has 1 fully saturated rings. The summed E-state index contributed by atoms with van der Waals surface area (Å²) in [6.07, 6.45) is -1.20. The lowest BCUT2D eigenvalue weighted by atomic mass is 10.1. The first-order chi connectivity index (χ1) is 35.1. The molecule has 75 heavy (non-hydrogen) atoms. The first-order valence-electron chi connectivity index (χ1n) is 24.0. The average molecular weight is 1090 g/mol. The van der Waals surface area contributed by atoms with Gasteiger partial charge in [0.15, 0.2) is 5.96 Å². The number of aliphatic imine (C=N–C) groups is 1. The largest absolute Gasteiger partial charge is 0.480 e. The third kappa shape index (κ3) is 24.3. The van der Waals surface area contributed by atoms with Crippen LogP contribution < -0.4 is 76.9 Å². The normalized spacial score (nSPS) is 17.0. The molecule has 23 N–H and O–H groups in total. The summed E-state index contributed by atoms with van der Waals surface area (Å²) in [6.45, 7) is 3.34. The van der Waals surface area contributed by atoms with Crippen LogP contribution in [-0.2, 0) is 57.5 Å². The number of likely N-dealkylation sites (tertiary alicyclic amines) is 1. The molecule has 32 heteroatoms. The van der Waals surface area contributed by atoms with Gasteiger partial charge in [0.25, 0.3) is 0 Å². The molecule has 0 unspecified atom stereocenters. The predicted molar refractivity (Wildman–Crippen MR) is 269 cm³/mol. The Hall–Kier alpha value is -6.90. The van der Waals surface area contributed by atoms with Crippen molar-refractivity contribution in [3.63, 3.8) is 0 Å². The predicted octanol–water partition coefficient (Wildman–Crippen LogP) is -8.63. The standard InChI is InChI=1S/C43H76N16O15S/c1-20(52-37(68)26(17-29(46)62)55-39(70)33(22(3)61)58-38(69)28-11-8-15-59(28)41(72)23(45)9-7-14-50-43(48)49)34(65)51-19-31(64)53-24(10-5-6-13-44)35(66)54-25(12-16-75-4)36(67)57-32(21(2)60)40(71)56-27(42(73)74)18-30(47)63/h20-28,32-33,60-61H,5-19,44-45H2,1-4H3,(H2,46,62)(H2,47,63)(H,51,65)(H,52,68)(H,53,64)(H,54,66)(H,55,70)(H,56,71)(H,57,67)(H,58,69)(H,73,74)(H4,48,49,50)/t20-,21+,22+,23-,24-,25-,26-,27-,28-,32-,33-/m0/s1. The number of amides is 11. The van der Waals surface area contributed by atoms with Gasteiger partial charge in [-0.25, -0.2) is 4.79 Å². The van der Waals surface area contributed by atoms with Crippen LogP contribution in [0.4, 0.5) is 0 Å². The van der Waals surface area contributed by atoms with E-state index in [0.717, 1.165) is 13.8 Å². The Morgan fingerprint density at radius 3 is 1.73 bits per heavy atom. The Bertz CT molecular complexity index is 2050. The van der Waals surface area contributed by atoms with Crippen LogP contribution in [-0.4, -0.2) is 202 Å². The molecule has 1 rings (SSSR count). The van der Waals surface area contributed by atoms with E-state index in [0.29, 0.717) is 25.7 Å². The van der Waals surface area contributed by atoms with E-state index >= 15 is 0 Å². The number of aliphatic hydroxyl groups excluding tert-OH is 2. The lowest BCUT2D eigenvalue weighted by Crippen LogP contribution is -2.61. The third-order valence-corrected chi connectivity index (χ3v) is 12.0. The van der Waals surface area contributed by atoms with Crippen LogP contribution in [0.2, 0.25) is 0 Å². The Balaban J connectivity index is 3.07. The highest BCUT2D eigenvalue weighted by atomic mass is 32.2. The number of hydrogen-bond donors (Lipinski definition) is 17. The van der Waals surface area contributed by atoms with Gasteiger partial charge in [0.2, 0.25) is 65.0 Å². The molecule has 11 atom stereocenters. The maximum Gasteiger partial charge on any atom is 0.326 e. The molecular formula is C43H76N16O15S. The molecule has 11 amide bonds. The summed E-state index contributed by atoms with van der Waals surface area (Å²) < 4.78 is 0. The van der Waals surface area contributed by atoms with Gasteiger partial charge in [-0.05, 0) is 90.7 Å². The molecule has 0 aromatic rings. The van der Waals surface area contributed by atoms with Crippen molar-refractivity contribution in [2.24, 2.45) is 39.4 Å². The molecule has 0 aliphatic carbocycles. The number of carboxylic acids is 1. The third-order valence-electron chi connectivity index (χ3n) is 11.3. The van der Waals surface area contributed by atoms with Crippen molar-refractivity contribution in [2.75, 3.05) is 38.2 Å². The van der Waals surface area contributed by atoms with Crippen molar-refractivity contribution < 1.29 is 72.9 Å². The minimum atomic E-state index is -1.78. The summed E-state index contributed by atoms with van der Waals surface area (Å²) in [7, 11) is 0. The monoisotopic (exact) mass is 1090 g/mol. The highest BCUT2D eigenvalue weighted by Gasteiger charge is 2.40. The number of nitrogens with two attached hydrogens (primary N) is 6. The Morgan fingerprint density at radius 1 is 0.653 bits per heavy atom. The molecule has 1 heterocycles. The van der Waals surface area contributed by atoms with Crippen molar-refractivity contribution in [3.8, 4) is 0 Å². The van der Waals surface area contributed by atoms with Gasteiger partial charge < -0.3 is 97.2 Å². The molecule has 1 saturated heterocycles. The molecule has 1 aliphatic heterocycles. The number of guanidine groups is 1. The summed E-state index contributed by atoms with van der Waals surface area (Å²) in [5.41, 5.74) is 32.8. The van der Waals surface area contributed by atoms with Crippen LogP contribution in [0.5, 0.6) is 0 Å². The summed E-state index contributed by atoms with van der Waals surface area (Å²) in [4.78, 5) is 160. The lowest BCUT2D eigenvalue weighted by molar-refractivity contribution is -0.144. The topological polar surface area (TPSA) is 533 Å². The zero-order valence-electron chi connectivity index (χ0n) is 42.5. The maximum atomic E-state index is 13.7. The quantitative estimate of drug-likeness (QED) is 0.0159. The van der Waals surface area contributed by atoms with Gasteiger partial charge >= 0.3 is 5.97 Å². The van der Waals surface area contributed by atoms with E-state index < -0.39 is 157 Å². The van der Waals surface area contributed by atoms with Crippen molar-refractivity contribution >= 4 is 88.7 Å². The number of nitrogens with one attached hydrogen (secondary N) is 8. The molecule has 0 bridgehead atoms. The van der Waals surface area contributed by atoms with Gasteiger partial charge in [0, 0.05) is 13.1 Å². The molecule has 424 valence electrons. The first-order valence-corrected chi connectivity index (χ1v) is 25.4. The van der Waals surface area contributed by atoms with Crippen molar-refractivity contribution in [2.45, 2.75) is 152 Å². The number of unbranched alkanes of at least 4 members (excludes halogenated alkanes) is 1. The fourth-order valence-corrected chi connectivity index (χ4v) is 7.76. The van der Waals surface area contributed by atoms with Gasteiger partial charge in [-0.3, -0.25) is 57.7 Å². The maximum absolute atomic E-state index is 13.7. The summed E-state index contributed by atoms with van der Waals surface area (Å²) in [6, 6.07) is -13.2. The molecule has 0 aromatic carbocycles. The second-order valence-corrected chi connectivity index (χ2v) is 18.7. The minimum absolute atomic E-state index is 0.00911.